The summed E-state index contributed by atoms with van der Waals surface area (Å²) in [6.07, 6.45) is 2.33. The number of allylic oxidation sites excluding steroid dienone is 1. The Bertz CT molecular complexity index is 1910. The van der Waals surface area contributed by atoms with Crippen LogP contribution in [-0.4, -0.2) is 54.4 Å². The van der Waals surface area contributed by atoms with Crippen LogP contribution in [0.15, 0.2) is 120 Å². The van der Waals surface area contributed by atoms with E-state index in [2.05, 4.69) is 19.2 Å². The molecule has 1 atom stereocenters. The Morgan fingerprint density at radius 3 is 2.04 bits per heavy atom. The van der Waals surface area contributed by atoms with E-state index in [1.807, 2.05) is 107 Å². The van der Waals surface area contributed by atoms with Crippen LogP contribution in [0.1, 0.15) is 72.6 Å². The summed E-state index contributed by atoms with van der Waals surface area (Å²) in [5.74, 6) is -0.531. The van der Waals surface area contributed by atoms with E-state index in [0.29, 0.717) is 49.9 Å². The summed E-state index contributed by atoms with van der Waals surface area (Å²) in [4.78, 5) is 44.8. The first-order valence-electron chi connectivity index (χ1n) is 17.8. The minimum atomic E-state index is -1.19. The number of esters is 1. The van der Waals surface area contributed by atoms with Gasteiger partial charge in [-0.1, -0.05) is 98.8 Å². The Morgan fingerprint density at radius 2 is 1.43 bits per heavy atom. The minimum Gasteiger partial charge on any atom is -0.465 e. The van der Waals surface area contributed by atoms with E-state index in [9.17, 15) is 19.5 Å². The highest BCUT2D eigenvalue weighted by molar-refractivity contribution is 6.02. The fraction of sp³-hybridized carbons (Fsp3) is 0.326. The maximum atomic E-state index is 14.4. The molecule has 51 heavy (non-hydrogen) atoms. The Morgan fingerprint density at radius 1 is 0.843 bits per heavy atom. The third kappa shape index (κ3) is 6.56. The number of nitrogens with one attached hydrogen (secondary N) is 1. The van der Waals surface area contributed by atoms with Crippen molar-refractivity contribution in [2.45, 2.75) is 51.2 Å². The number of hydrogen-bond acceptors (Lipinski definition) is 7. The number of amides is 1. The van der Waals surface area contributed by atoms with Crippen molar-refractivity contribution in [3.8, 4) is 0 Å². The summed E-state index contributed by atoms with van der Waals surface area (Å²) in [6.45, 7) is 5.25. The van der Waals surface area contributed by atoms with E-state index in [4.69, 9.17) is 4.74 Å². The monoisotopic (exact) mass is 683 g/mol. The Hall–Kier alpha value is -5.21. The van der Waals surface area contributed by atoms with Gasteiger partial charge in [-0.15, -0.1) is 0 Å². The first-order valence-corrected chi connectivity index (χ1v) is 17.8. The van der Waals surface area contributed by atoms with Crippen LogP contribution in [0, 0.1) is 11.3 Å². The Labute approximate surface area is 299 Å². The van der Waals surface area contributed by atoms with Crippen LogP contribution in [-0.2, 0) is 19.9 Å². The second kappa shape index (κ2) is 13.8. The number of nitrogens with zero attached hydrogens (tertiary/aromatic N) is 2. The third-order valence-electron chi connectivity index (χ3n) is 10.8. The van der Waals surface area contributed by atoms with Gasteiger partial charge in [-0.05, 0) is 71.6 Å². The van der Waals surface area contributed by atoms with E-state index < -0.39 is 17.6 Å². The smallest absolute Gasteiger partial charge is 0.337 e. The summed E-state index contributed by atoms with van der Waals surface area (Å²) in [7, 11) is 1.35. The predicted molar refractivity (Wildman–Crippen MR) is 198 cm³/mol. The van der Waals surface area contributed by atoms with Gasteiger partial charge in [0, 0.05) is 30.8 Å². The number of carbonyl (C=O) groups excluding carboxylic acids is 3. The molecule has 1 amide bonds. The van der Waals surface area contributed by atoms with Crippen molar-refractivity contribution in [1.29, 1.82) is 0 Å². The number of aliphatic hydroxyl groups is 1. The van der Waals surface area contributed by atoms with Crippen molar-refractivity contribution >= 4 is 29.0 Å². The molecule has 4 aromatic carbocycles. The highest BCUT2D eigenvalue weighted by atomic mass is 16.5. The van der Waals surface area contributed by atoms with Crippen LogP contribution in [0.3, 0.4) is 0 Å². The SMILES string of the molecule is COC(=O)c1ccc(C2C3=C(CC(C)(C)CC3=O)Nc3ccccc3N2CC(=O)N2CCC(C(O)(c3ccccc3)c3ccccc3)CC2)cc1. The van der Waals surface area contributed by atoms with Crippen molar-refractivity contribution in [3.05, 3.63) is 143 Å². The van der Waals surface area contributed by atoms with Gasteiger partial charge in [-0.25, -0.2) is 4.79 Å². The molecule has 2 N–H and O–H groups in total. The first-order chi connectivity index (χ1) is 24.6. The molecule has 8 heteroatoms. The molecular weight excluding hydrogens is 638 g/mol. The molecule has 7 rings (SSSR count). The Kier molecular flexibility index (Phi) is 9.29. The topological polar surface area (TPSA) is 99.2 Å². The molecule has 4 aromatic rings. The highest BCUT2D eigenvalue weighted by Gasteiger charge is 2.44. The van der Waals surface area contributed by atoms with Crippen molar-refractivity contribution in [1.82, 2.24) is 4.90 Å². The number of benzene rings is 4. The van der Waals surface area contributed by atoms with Gasteiger partial charge >= 0.3 is 5.97 Å². The summed E-state index contributed by atoms with van der Waals surface area (Å²) >= 11 is 0. The number of likely N-dealkylation sites (tertiary alicyclic amines) is 1. The highest BCUT2D eigenvalue weighted by Crippen LogP contribution is 2.48. The molecule has 0 saturated carbocycles. The van der Waals surface area contributed by atoms with Crippen LogP contribution >= 0.6 is 0 Å². The number of para-hydroxylation sites is 2. The van der Waals surface area contributed by atoms with Gasteiger partial charge in [0.15, 0.2) is 5.78 Å². The lowest BCUT2D eigenvalue weighted by molar-refractivity contribution is -0.132. The van der Waals surface area contributed by atoms with E-state index in [1.54, 1.807) is 12.1 Å². The van der Waals surface area contributed by atoms with Crippen molar-refractivity contribution in [3.63, 3.8) is 0 Å². The molecule has 262 valence electrons. The van der Waals surface area contributed by atoms with Crippen LogP contribution in [0.5, 0.6) is 0 Å². The van der Waals surface area contributed by atoms with Crippen LogP contribution < -0.4 is 10.2 Å². The largest absolute Gasteiger partial charge is 0.465 e. The summed E-state index contributed by atoms with van der Waals surface area (Å²) in [5.41, 5.74) is 4.68. The van der Waals surface area contributed by atoms with Gasteiger partial charge < -0.3 is 25.0 Å². The van der Waals surface area contributed by atoms with E-state index in [0.717, 1.165) is 33.8 Å². The fourth-order valence-corrected chi connectivity index (χ4v) is 8.31. The fourth-order valence-electron chi connectivity index (χ4n) is 8.31. The molecule has 2 heterocycles. The lowest BCUT2D eigenvalue weighted by Crippen LogP contribution is -2.49. The maximum absolute atomic E-state index is 14.4. The number of fused-ring (bicyclic) bond motifs is 1. The van der Waals surface area contributed by atoms with E-state index >= 15 is 0 Å². The maximum Gasteiger partial charge on any atom is 0.337 e. The lowest BCUT2D eigenvalue weighted by atomic mass is 9.72. The molecule has 1 saturated heterocycles. The van der Waals surface area contributed by atoms with Crippen molar-refractivity contribution < 1.29 is 24.2 Å². The van der Waals surface area contributed by atoms with E-state index in [1.165, 1.54) is 7.11 Å². The van der Waals surface area contributed by atoms with Crippen LogP contribution in [0.4, 0.5) is 11.4 Å². The number of hydrogen-bond donors (Lipinski definition) is 2. The minimum absolute atomic E-state index is 0.0435. The standard InChI is InChI=1S/C43H45N3O5/c1-42(2)26-35-39(37(47)27-42)40(29-18-20-30(21-19-29)41(49)51-3)46(36-17-11-10-16-34(36)44-35)28-38(48)45-24-22-33(23-25-45)43(50,31-12-6-4-7-13-31)32-14-8-5-9-15-32/h4-21,33,40,44,50H,22-28H2,1-3H3. The molecule has 0 spiro atoms. The summed E-state index contributed by atoms with van der Waals surface area (Å²) in [5, 5.41) is 16.0. The third-order valence-corrected chi connectivity index (χ3v) is 10.8. The second-order valence-corrected chi connectivity index (χ2v) is 14.8. The normalized spacial score (nSPS) is 19.1. The average Bonchev–Trinajstić information content (AvgIpc) is 3.28. The summed E-state index contributed by atoms with van der Waals surface area (Å²) < 4.78 is 4.94. The molecule has 1 fully saturated rings. The number of Topliss-reactive ketones (excluding diaryl/α,β-unsaturated/α-hetero) is 1. The number of ether oxygens (including phenoxy) is 1. The van der Waals surface area contributed by atoms with Crippen LogP contribution in [0.25, 0.3) is 0 Å². The van der Waals surface area contributed by atoms with Crippen LogP contribution in [0.2, 0.25) is 0 Å². The van der Waals surface area contributed by atoms with Crippen molar-refractivity contribution in [2.24, 2.45) is 11.3 Å². The number of ketones is 1. The zero-order chi connectivity index (χ0) is 35.8. The first kappa shape index (κ1) is 34.2. The Balaban J connectivity index is 1.21. The zero-order valence-corrected chi connectivity index (χ0v) is 29.5. The average molecular weight is 684 g/mol. The van der Waals surface area contributed by atoms with Gasteiger partial charge in [0.25, 0.3) is 0 Å². The van der Waals surface area contributed by atoms with Gasteiger partial charge in [0.1, 0.15) is 5.60 Å². The van der Waals surface area contributed by atoms with Gasteiger partial charge in [-0.2, -0.15) is 0 Å². The molecule has 2 aliphatic heterocycles. The number of rotatable bonds is 7. The number of methoxy groups -OCH3 is 1. The van der Waals surface area contributed by atoms with Crippen molar-refractivity contribution in [2.75, 3.05) is 37.0 Å². The van der Waals surface area contributed by atoms with E-state index in [-0.39, 0.29) is 29.6 Å². The van der Waals surface area contributed by atoms with Gasteiger partial charge in [0.05, 0.1) is 36.6 Å². The van der Waals surface area contributed by atoms with Gasteiger partial charge in [-0.3, -0.25) is 9.59 Å². The molecule has 1 unspecified atom stereocenters. The number of anilines is 2. The quantitative estimate of drug-likeness (QED) is 0.198. The molecule has 0 bridgehead atoms. The predicted octanol–water partition coefficient (Wildman–Crippen LogP) is 7.26. The molecule has 0 radical (unpaired) electrons. The van der Waals surface area contributed by atoms with Gasteiger partial charge in [0.2, 0.25) is 5.91 Å². The molecule has 3 aliphatic rings. The molecule has 1 aliphatic carbocycles. The molecule has 0 aromatic heterocycles. The molecular formula is C43H45N3O5. The lowest BCUT2D eigenvalue weighted by Gasteiger charge is -2.43. The summed E-state index contributed by atoms with van der Waals surface area (Å²) in [6, 6.07) is 34.1. The second-order valence-electron chi connectivity index (χ2n) is 14.8. The number of piperidine rings is 1. The number of carbonyl (C=O) groups is 3. The zero-order valence-electron chi connectivity index (χ0n) is 29.5. The molecule has 8 nitrogen and oxygen atoms in total.